The quantitative estimate of drug-likeness (QED) is 0.761. The number of anilines is 1. The zero-order valence-electron chi connectivity index (χ0n) is 11.6. The molecule has 21 heavy (non-hydrogen) atoms. The molecular weight excluding hydrogens is 280 g/mol. The van der Waals surface area contributed by atoms with Crippen LogP contribution < -0.4 is 20.1 Å². The van der Waals surface area contributed by atoms with Gasteiger partial charge in [-0.2, -0.15) is 0 Å². The summed E-state index contributed by atoms with van der Waals surface area (Å²) in [4.78, 5) is 23.5. The van der Waals surface area contributed by atoms with Gasteiger partial charge >= 0.3 is 12.1 Å². The molecule has 1 aliphatic rings. The summed E-state index contributed by atoms with van der Waals surface area (Å²) in [6, 6.07) is 1.17. The van der Waals surface area contributed by atoms with E-state index in [9.17, 15) is 19.8 Å². The highest BCUT2D eigenvalue weighted by atomic mass is 16.5. The van der Waals surface area contributed by atoms with Crippen LogP contribution in [0.4, 0.5) is 10.5 Å². The molecule has 114 valence electrons. The SMILES string of the molecule is COc1cc2c(cc1OC)N(C(=O)O)C(C(=O)O)CC2N. The number of amides is 1. The molecule has 8 heteroatoms. The maximum Gasteiger partial charge on any atom is 0.412 e. The average Bonchev–Trinajstić information content (AvgIpc) is 2.45. The second kappa shape index (κ2) is 5.49. The average molecular weight is 296 g/mol. The highest BCUT2D eigenvalue weighted by Crippen LogP contribution is 2.42. The van der Waals surface area contributed by atoms with Crippen LogP contribution in [-0.4, -0.2) is 42.5 Å². The summed E-state index contributed by atoms with van der Waals surface area (Å²) in [6.07, 6.45) is -1.37. The largest absolute Gasteiger partial charge is 0.493 e. The smallest absolute Gasteiger partial charge is 0.412 e. The van der Waals surface area contributed by atoms with Crippen molar-refractivity contribution < 1.29 is 29.3 Å². The van der Waals surface area contributed by atoms with Crippen molar-refractivity contribution in [2.24, 2.45) is 5.73 Å². The van der Waals surface area contributed by atoms with Crippen LogP contribution in [-0.2, 0) is 4.79 Å². The van der Waals surface area contributed by atoms with E-state index in [2.05, 4.69) is 0 Å². The van der Waals surface area contributed by atoms with Gasteiger partial charge in [0.25, 0.3) is 0 Å². The lowest BCUT2D eigenvalue weighted by Gasteiger charge is -2.36. The Morgan fingerprint density at radius 3 is 2.29 bits per heavy atom. The number of rotatable bonds is 3. The Labute approximate surface area is 120 Å². The fraction of sp³-hybridized carbons (Fsp3) is 0.385. The van der Waals surface area contributed by atoms with Gasteiger partial charge in [-0.3, -0.25) is 4.90 Å². The number of hydrogen-bond acceptors (Lipinski definition) is 5. The number of carboxylic acid groups (broad SMARTS) is 2. The lowest BCUT2D eigenvalue weighted by atomic mass is 9.91. The van der Waals surface area contributed by atoms with Crippen molar-refractivity contribution in [3.05, 3.63) is 17.7 Å². The van der Waals surface area contributed by atoms with E-state index < -0.39 is 24.1 Å². The minimum atomic E-state index is -1.36. The van der Waals surface area contributed by atoms with Crippen LogP contribution in [0.3, 0.4) is 0 Å². The third-order valence-electron chi connectivity index (χ3n) is 3.47. The molecule has 0 aliphatic carbocycles. The first kappa shape index (κ1) is 14.9. The second-order valence-corrected chi connectivity index (χ2v) is 4.61. The van der Waals surface area contributed by atoms with Gasteiger partial charge in [0.15, 0.2) is 11.5 Å². The molecule has 0 fully saturated rings. The van der Waals surface area contributed by atoms with Crippen LogP contribution in [0.2, 0.25) is 0 Å². The topological polar surface area (TPSA) is 122 Å². The summed E-state index contributed by atoms with van der Waals surface area (Å²) in [5, 5.41) is 18.5. The van der Waals surface area contributed by atoms with Crippen molar-refractivity contribution in [2.75, 3.05) is 19.1 Å². The summed E-state index contributed by atoms with van der Waals surface area (Å²) in [6.45, 7) is 0. The second-order valence-electron chi connectivity index (χ2n) is 4.61. The van der Waals surface area contributed by atoms with E-state index in [0.29, 0.717) is 17.1 Å². The van der Waals surface area contributed by atoms with Crippen molar-refractivity contribution in [1.82, 2.24) is 0 Å². The number of carboxylic acids is 1. The summed E-state index contributed by atoms with van der Waals surface area (Å²) >= 11 is 0. The molecule has 2 unspecified atom stereocenters. The number of nitrogens with two attached hydrogens (primary N) is 1. The summed E-state index contributed by atoms with van der Waals surface area (Å²) in [5.41, 5.74) is 6.68. The fourth-order valence-electron chi connectivity index (χ4n) is 2.48. The molecule has 8 nitrogen and oxygen atoms in total. The molecule has 1 aliphatic heterocycles. The monoisotopic (exact) mass is 296 g/mol. The van der Waals surface area contributed by atoms with Gasteiger partial charge in [0.2, 0.25) is 0 Å². The van der Waals surface area contributed by atoms with Gasteiger partial charge in [-0.15, -0.1) is 0 Å². The Balaban J connectivity index is 2.64. The van der Waals surface area contributed by atoms with Crippen LogP contribution in [0.25, 0.3) is 0 Å². The lowest BCUT2D eigenvalue weighted by Crippen LogP contribution is -2.49. The van der Waals surface area contributed by atoms with E-state index in [1.54, 1.807) is 6.07 Å². The molecule has 1 aromatic rings. The Morgan fingerprint density at radius 1 is 1.24 bits per heavy atom. The predicted molar refractivity (Wildman–Crippen MR) is 73.0 cm³/mol. The Morgan fingerprint density at radius 2 is 1.81 bits per heavy atom. The summed E-state index contributed by atoms with van der Waals surface area (Å²) < 4.78 is 10.3. The van der Waals surface area contributed by atoms with Crippen LogP contribution in [0.1, 0.15) is 18.0 Å². The van der Waals surface area contributed by atoms with E-state index in [0.717, 1.165) is 4.90 Å². The van der Waals surface area contributed by atoms with Crippen LogP contribution >= 0.6 is 0 Å². The van der Waals surface area contributed by atoms with Gasteiger partial charge < -0.3 is 25.4 Å². The third-order valence-corrected chi connectivity index (χ3v) is 3.47. The standard InChI is InChI=1S/C13H16N2O6/c1-20-10-3-6-7(14)4-9(12(16)17)15(13(18)19)8(6)5-11(10)21-2/h3,5,7,9H,4,14H2,1-2H3,(H,16,17)(H,18,19). The van der Waals surface area contributed by atoms with E-state index in [-0.39, 0.29) is 12.1 Å². The molecule has 1 heterocycles. The molecule has 4 N–H and O–H groups in total. The first-order chi connectivity index (χ1) is 9.90. The molecule has 0 bridgehead atoms. The Hall–Kier alpha value is -2.48. The molecule has 1 aromatic carbocycles. The molecular formula is C13H16N2O6. The van der Waals surface area contributed by atoms with E-state index in [1.165, 1.54) is 20.3 Å². The molecule has 2 atom stereocenters. The van der Waals surface area contributed by atoms with E-state index in [4.69, 9.17) is 15.2 Å². The number of nitrogens with zero attached hydrogens (tertiary/aromatic N) is 1. The maximum absolute atomic E-state index is 11.4. The van der Waals surface area contributed by atoms with Crippen molar-refractivity contribution in [1.29, 1.82) is 0 Å². The summed E-state index contributed by atoms with van der Waals surface area (Å²) in [5.74, 6) is -0.528. The first-order valence-electron chi connectivity index (χ1n) is 6.17. The number of fused-ring (bicyclic) bond motifs is 1. The molecule has 0 spiro atoms. The van der Waals surface area contributed by atoms with Gasteiger partial charge in [-0.05, 0) is 18.1 Å². The molecule has 0 saturated carbocycles. The van der Waals surface area contributed by atoms with Crippen LogP contribution in [0.5, 0.6) is 11.5 Å². The highest BCUT2D eigenvalue weighted by Gasteiger charge is 2.39. The number of aliphatic carboxylic acids is 1. The van der Waals surface area contributed by atoms with Crippen LogP contribution in [0.15, 0.2) is 12.1 Å². The zero-order chi connectivity index (χ0) is 15.7. The van der Waals surface area contributed by atoms with E-state index >= 15 is 0 Å². The Kier molecular flexibility index (Phi) is 3.90. The Bertz CT molecular complexity index is 588. The molecule has 0 saturated heterocycles. The van der Waals surface area contributed by atoms with E-state index in [1.807, 2.05) is 0 Å². The predicted octanol–water partition coefficient (Wildman–Crippen LogP) is 1.04. The summed E-state index contributed by atoms with van der Waals surface area (Å²) in [7, 11) is 2.86. The van der Waals surface area contributed by atoms with Crippen molar-refractivity contribution >= 4 is 17.7 Å². The molecule has 2 rings (SSSR count). The number of hydrogen-bond donors (Lipinski definition) is 3. The highest BCUT2D eigenvalue weighted by molar-refractivity contribution is 5.96. The number of carbonyl (C=O) groups is 2. The van der Waals surface area contributed by atoms with Crippen molar-refractivity contribution in [2.45, 2.75) is 18.5 Å². The number of ether oxygens (including phenoxy) is 2. The number of methoxy groups -OCH3 is 2. The van der Waals surface area contributed by atoms with Crippen LogP contribution in [0, 0.1) is 0 Å². The normalized spacial score (nSPS) is 20.6. The molecule has 1 amide bonds. The van der Waals surface area contributed by atoms with Gasteiger partial charge in [-0.25, -0.2) is 9.59 Å². The maximum atomic E-state index is 11.4. The minimum absolute atomic E-state index is 0.00981. The van der Waals surface area contributed by atoms with Crippen molar-refractivity contribution in [3.8, 4) is 11.5 Å². The van der Waals surface area contributed by atoms with Gasteiger partial charge in [0.1, 0.15) is 6.04 Å². The number of benzene rings is 1. The molecule has 0 aromatic heterocycles. The van der Waals surface area contributed by atoms with Gasteiger partial charge in [-0.1, -0.05) is 0 Å². The molecule has 0 radical (unpaired) electrons. The van der Waals surface area contributed by atoms with Gasteiger partial charge in [0, 0.05) is 12.1 Å². The van der Waals surface area contributed by atoms with Crippen molar-refractivity contribution in [3.63, 3.8) is 0 Å². The van der Waals surface area contributed by atoms with Gasteiger partial charge in [0.05, 0.1) is 19.9 Å². The fourth-order valence-corrected chi connectivity index (χ4v) is 2.48. The zero-order valence-corrected chi connectivity index (χ0v) is 11.6. The third kappa shape index (κ3) is 2.45. The first-order valence-corrected chi connectivity index (χ1v) is 6.17. The lowest BCUT2D eigenvalue weighted by molar-refractivity contribution is -0.138. The minimum Gasteiger partial charge on any atom is -0.493 e.